The summed E-state index contributed by atoms with van der Waals surface area (Å²) in [4.78, 5) is 0. The average Bonchev–Trinajstić information content (AvgIpc) is 0.739. The minimum Gasteiger partial charge on any atom is -0.496 e. The third-order valence-corrected chi connectivity index (χ3v) is 26.7. The standard InChI is InChI=1S/C110H146Br2O8/c1-9-13-17-21-25-29-33-37-41-61-93-97-69-81(79-117-65-67-119-109-89-57-49-45-53-83(89)73-84-54-46-50-58-90(84)109)71-99(105(97)113-5)94(62-42-38-34-30-26-22-18-14-10-2)101-75-87(111)77-103(107(101)115-7)96(64-44-40-36-32-28-24-20-16-12-4)104-78-88(112)76-102(108(104)116-8)95(63-43-39-35-31-27-23-19-15-11-3)100-72-82(70-98(93)106(100)114-6)80-118-66-68-120-110-91-59-51-47-55-85(91)74-86-56-48-52-60-92(86)110/h45-60,69-78,93-96H,9-44,61-68,79-80H2,1-8H3. The van der Waals surface area contributed by atoms with Gasteiger partial charge in [-0.25, -0.2) is 0 Å². The first kappa shape index (κ1) is 93.6. The molecular formula is C110H146Br2O8. The maximum atomic E-state index is 7.35. The molecule has 648 valence electrons. The van der Waals surface area contributed by atoms with E-state index < -0.39 is 0 Å². The number of ether oxygens (including phenoxy) is 8. The van der Waals surface area contributed by atoms with E-state index in [1.165, 1.54) is 202 Å². The third kappa shape index (κ3) is 26.5. The zero-order valence-electron chi connectivity index (χ0n) is 74.9. The Morgan fingerprint density at radius 1 is 0.233 bits per heavy atom. The van der Waals surface area contributed by atoms with Crippen LogP contribution in [0.5, 0.6) is 34.5 Å². The topological polar surface area (TPSA) is 73.8 Å². The van der Waals surface area contributed by atoms with Crippen LogP contribution in [0, 0.1) is 0 Å². The predicted octanol–water partition coefficient (Wildman–Crippen LogP) is 33.6. The van der Waals surface area contributed by atoms with Gasteiger partial charge in [0.1, 0.15) is 47.7 Å². The van der Waals surface area contributed by atoms with Crippen LogP contribution in [0.3, 0.4) is 0 Å². The molecule has 8 bridgehead atoms. The summed E-state index contributed by atoms with van der Waals surface area (Å²) < 4.78 is 59.2. The molecule has 0 saturated carbocycles. The van der Waals surface area contributed by atoms with Gasteiger partial charge in [0.05, 0.1) is 54.9 Å². The monoisotopic (exact) mass is 1750 g/mol. The number of rotatable bonds is 56. The van der Waals surface area contributed by atoms with E-state index in [-0.39, 0.29) is 23.7 Å². The second kappa shape index (κ2) is 51.9. The van der Waals surface area contributed by atoms with Crippen LogP contribution >= 0.6 is 31.9 Å². The van der Waals surface area contributed by atoms with Gasteiger partial charge in [-0.3, -0.25) is 0 Å². The Morgan fingerprint density at radius 3 is 0.667 bits per heavy atom. The van der Waals surface area contributed by atoms with Crippen LogP contribution < -0.4 is 28.4 Å². The first-order valence-electron chi connectivity index (χ1n) is 47.5. The molecule has 0 spiro atoms. The molecule has 8 nitrogen and oxygen atoms in total. The third-order valence-electron chi connectivity index (χ3n) is 25.8. The summed E-state index contributed by atoms with van der Waals surface area (Å²) in [5, 5.41) is 9.06. The molecule has 1 aliphatic rings. The maximum Gasteiger partial charge on any atom is 0.135 e. The lowest BCUT2D eigenvalue weighted by molar-refractivity contribution is 0.0896. The fraction of sp³-hybridized carbons (Fsp3) is 0.527. The quantitative estimate of drug-likeness (QED) is 0.0276. The highest BCUT2D eigenvalue weighted by atomic mass is 79.9. The Kier molecular flexibility index (Phi) is 40.5. The molecule has 0 amide bonds. The van der Waals surface area contributed by atoms with Crippen molar-refractivity contribution in [3.05, 3.63) is 222 Å². The number of hydrogen-bond acceptors (Lipinski definition) is 8. The van der Waals surface area contributed by atoms with Crippen LogP contribution in [-0.2, 0) is 22.7 Å². The summed E-state index contributed by atoms with van der Waals surface area (Å²) in [6, 6.07) is 58.3. The van der Waals surface area contributed by atoms with Crippen molar-refractivity contribution < 1.29 is 37.9 Å². The highest BCUT2D eigenvalue weighted by molar-refractivity contribution is 9.10. The zero-order valence-corrected chi connectivity index (χ0v) is 78.0. The van der Waals surface area contributed by atoms with Crippen LogP contribution in [0.2, 0.25) is 0 Å². The van der Waals surface area contributed by atoms with Gasteiger partial charge in [-0.1, -0.05) is 388 Å². The van der Waals surface area contributed by atoms with E-state index in [2.05, 4.69) is 217 Å². The van der Waals surface area contributed by atoms with Gasteiger partial charge in [0.2, 0.25) is 0 Å². The lowest BCUT2D eigenvalue weighted by Gasteiger charge is -2.33. The van der Waals surface area contributed by atoms with E-state index >= 15 is 0 Å². The van der Waals surface area contributed by atoms with Crippen molar-refractivity contribution in [1.82, 2.24) is 0 Å². The number of methoxy groups -OCH3 is 4. The minimum absolute atomic E-state index is 0.0974. The van der Waals surface area contributed by atoms with Gasteiger partial charge in [-0.05, 0) is 119 Å². The second-order valence-corrected chi connectivity index (χ2v) is 36.5. The average molecular weight is 1760 g/mol. The molecule has 10 aromatic rings. The van der Waals surface area contributed by atoms with Crippen molar-refractivity contribution in [2.45, 2.75) is 321 Å². The SMILES string of the molecule is CCCCCCCCCCCC1c2cc(Br)cc(c2OC)C(CCCCCCCCCCC)c2cc(COCCOc3c4ccccc4cc4ccccc34)cc(c2OC)C(CCCCCCCCCCC)c2cc(COCCOc3c4ccccc4cc4ccccc34)cc(c2OC)C(CCCCCCCCCCC)c2cc(Br)cc1c2OC. The van der Waals surface area contributed by atoms with Gasteiger partial charge in [0.15, 0.2) is 0 Å². The van der Waals surface area contributed by atoms with Crippen molar-refractivity contribution in [1.29, 1.82) is 0 Å². The van der Waals surface area contributed by atoms with Crippen molar-refractivity contribution >= 4 is 74.9 Å². The van der Waals surface area contributed by atoms with Gasteiger partial charge >= 0.3 is 0 Å². The van der Waals surface area contributed by atoms with Gasteiger partial charge in [-0.2, -0.15) is 0 Å². The highest BCUT2D eigenvalue weighted by Gasteiger charge is 2.36. The molecule has 1 aliphatic carbocycles. The normalized spacial score (nSPS) is 14.7. The molecule has 2 unspecified atom stereocenters. The molecule has 11 rings (SSSR count). The van der Waals surface area contributed by atoms with Gasteiger partial charge < -0.3 is 37.9 Å². The molecule has 10 heteroatoms. The van der Waals surface area contributed by atoms with Gasteiger partial charge in [-0.15, -0.1) is 0 Å². The smallest absolute Gasteiger partial charge is 0.135 e. The van der Waals surface area contributed by atoms with Gasteiger partial charge in [0.25, 0.3) is 0 Å². The zero-order chi connectivity index (χ0) is 83.9. The van der Waals surface area contributed by atoms with E-state index in [1.807, 2.05) is 28.4 Å². The Hall–Kier alpha value is -7.08. The van der Waals surface area contributed by atoms with Crippen LogP contribution in [0.1, 0.15) is 364 Å². The van der Waals surface area contributed by atoms with Crippen LogP contribution in [-0.4, -0.2) is 54.9 Å². The first-order valence-corrected chi connectivity index (χ1v) is 49.1. The Balaban J connectivity index is 1.11. The fourth-order valence-corrected chi connectivity index (χ4v) is 20.5. The molecular weight excluding hydrogens is 1610 g/mol. The molecule has 2 atom stereocenters. The largest absolute Gasteiger partial charge is 0.496 e. The molecule has 10 aromatic carbocycles. The van der Waals surface area contributed by atoms with Crippen molar-refractivity contribution in [2.75, 3.05) is 54.9 Å². The maximum absolute atomic E-state index is 7.35. The Bertz CT molecular complexity index is 4320. The van der Waals surface area contributed by atoms with Crippen LogP contribution in [0.25, 0.3) is 43.1 Å². The van der Waals surface area contributed by atoms with E-state index in [9.17, 15) is 0 Å². The van der Waals surface area contributed by atoms with E-state index in [1.54, 1.807) is 0 Å². The molecule has 0 aromatic heterocycles. The first-order chi connectivity index (χ1) is 59.1. The van der Waals surface area contributed by atoms with Gasteiger partial charge in [0, 0.05) is 98.7 Å². The summed E-state index contributed by atoms with van der Waals surface area (Å²) in [6.07, 6.45) is 48.0. The Morgan fingerprint density at radius 2 is 0.442 bits per heavy atom. The predicted molar refractivity (Wildman–Crippen MR) is 515 cm³/mol. The number of halogens is 2. The summed E-state index contributed by atoms with van der Waals surface area (Å²) in [5.74, 6) is 4.99. The summed E-state index contributed by atoms with van der Waals surface area (Å²) in [7, 11) is 7.74. The van der Waals surface area contributed by atoms with E-state index in [0.717, 1.165) is 197 Å². The summed E-state index contributed by atoms with van der Waals surface area (Å²) >= 11 is 8.65. The number of benzene rings is 10. The lowest BCUT2D eigenvalue weighted by Crippen LogP contribution is -2.17. The van der Waals surface area contributed by atoms with Crippen molar-refractivity contribution in [3.63, 3.8) is 0 Å². The number of fused-ring (bicyclic) bond motifs is 12. The van der Waals surface area contributed by atoms with Crippen LogP contribution in [0.15, 0.2) is 167 Å². The molecule has 0 N–H and O–H groups in total. The Labute approximate surface area is 740 Å². The molecule has 0 saturated heterocycles. The van der Waals surface area contributed by atoms with Crippen molar-refractivity contribution in [2.24, 2.45) is 0 Å². The molecule has 0 fully saturated rings. The highest BCUT2D eigenvalue weighted by Crippen LogP contribution is 2.55. The number of hydrogen-bond donors (Lipinski definition) is 0. The van der Waals surface area contributed by atoms with Crippen LogP contribution in [0.4, 0.5) is 0 Å². The van der Waals surface area contributed by atoms with Crippen molar-refractivity contribution in [3.8, 4) is 34.5 Å². The molecule has 0 radical (unpaired) electrons. The second-order valence-electron chi connectivity index (χ2n) is 34.6. The molecule has 120 heavy (non-hydrogen) atoms. The minimum atomic E-state index is -0.182. The summed E-state index contributed by atoms with van der Waals surface area (Å²) in [5.41, 5.74) is 11.6. The van der Waals surface area contributed by atoms with E-state index in [0.29, 0.717) is 39.6 Å². The fourth-order valence-electron chi connectivity index (χ4n) is 19.5. The number of unbranched alkanes of at least 4 members (excludes halogenated alkanes) is 32. The molecule has 0 aliphatic heterocycles. The molecule has 0 heterocycles. The summed E-state index contributed by atoms with van der Waals surface area (Å²) in [6.45, 7) is 11.6. The van der Waals surface area contributed by atoms with E-state index in [4.69, 9.17) is 37.9 Å². The lowest BCUT2D eigenvalue weighted by atomic mass is 9.75.